The zero-order valence-corrected chi connectivity index (χ0v) is 17.4. The Bertz CT molecular complexity index is 857. The van der Waals surface area contributed by atoms with E-state index < -0.39 is 11.4 Å². The van der Waals surface area contributed by atoms with E-state index in [0.29, 0.717) is 18.8 Å². The fourth-order valence-electron chi connectivity index (χ4n) is 2.52. The summed E-state index contributed by atoms with van der Waals surface area (Å²) in [5, 5.41) is 2.77. The first-order valence-corrected chi connectivity index (χ1v) is 9.61. The normalized spacial score (nSPS) is 10.9. The van der Waals surface area contributed by atoms with Crippen LogP contribution in [0.25, 0.3) is 0 Å². The van der Waals surface area contributed by atoms with E-state index in [-0.39, 0.29) is 24.0 Å². The first-order chi connectivity index (χ1) is 13.7. The molecule has 0 aliphatic rings. The number of benzene rings is 2. The zero-order valence-electron chi connectivity index (χ0n) is 17.4. The van der Waals surface area contributed by atoms with Crippen molar-refractivity contribution in [1.82, 2.24) is 4.90 Å². The van der Waals surface area contributed by atoms with Crippen molar-refractivity contribution in [2.45, 2.75) is 34.2 Å². The van der Waals surface area contributed by atoms with E-state index in [9.17, 15) is 14.4 Å². The molecule has 154 valence electrons. The Hall–Kier alpha value is -3.15. The Morgan fingerprint density at radius 2 is 1.69 bits per heavy atom. The van der Waals surface area contributed by atoms with Crippen LogP contribution >= 0.6 is 0 Å². The summed E-state index contributed by atoms with van der Waals surface area (Å²) in [5.74, 6) is -1.03. The largest absolute Gasteiger partial charge is 0.452 e. The van der Waals surface area contributed by atoms with Crippen molar-refractivity contribution >= 4 is 23.5 Å². The maximum Gasteiger partial charge on any atom is 0.338 e. The topological polar surface area (TPSA) is 75.7 Å². The fourth-order valence-corrected chi connectivity index (χ4v) is 2.52. The van der Waals surface area contributed by atoms with Crippen LogP contribution < -0.4 is 5.32 Å². The summed E-state index contributed by atoms with van der Waals surface area (Å²) >= 11 is 0. The number of hydrogen-bond donors (Lipinski definition) is 1. The third kappa shape index (κ3) is 6.75. The summed E-state index contributed by atoms with van der Waals surface area (Å²) < 4.78 is 5.19. The number of anilines is 1. The van der Waals surface area contributed by atoms with Crippen LogP contribution in [-0.2, 0) is 20.9 Å². The second kappa shape index (κ2) is 9.87. The molecule has 6 nitrogen and oxygen atoms in total. The van der Waals surface area contributed by atoms with E-state index in [2.05, 4.69) is 5.32 Å². The number of nitrogens with zero attached hydrogens (tertiary/aromatic N) is 1. The molecule has 29 heavy (non-hydrogen) atoms. The maximum atomic E-state index is 12.4. The van der Waals surface area contributed by atoms with Crippen LogP contribution in [0.3, 0.4) is 0 Å². The average Bonchev–Trinajstić information content (AvgIpc) is 2.70. The molecule has 0 heterocycles. The molecule has 0 fully saturated rings. The monoisotopic (exact) mass is 396 g/mol. The van der Waals surface area contributed by atoms with Gasteiger partial charge in [0.1, 0.15) is 0 Å². The molecule has 0 bridgehead atoms. The first kappa shape index (κ1) is 22.1. The molecule has 0 saturated carbocycles. The lowest BCUT2D eigenvalue weighted by atomic mass is 9.95. The molecule has 1 N–H and O–H groups in total. The first-order valence-electron chi connectivity index (χ1n) is 9.61. The summed E-state index contributed by atoms with van der Waals surface area (Å²) in [6.07, 6.45) is 0. The van der Waals surface area contributed by atoms with E-state index in [1.807, 2.05) is 37.3 Å². The number of likely N-dealkylation sites (N-methyl/N-ethyl adjacent to an activating group) is 1. The van der Waals surface area contributed by atoms with Crippen LogP contribution in [-0.4, -0.2) is 35.8 Å². The standard InChI is InChI=1S/C23H28N2O4/c1-5-25(15-17-10-7-6-8-11-17)20(26)16-29-21(27)18-12-9-13-19(14-18)24-22(28)23(2,3)4/h6-14H,5,15-16H2,1-4H3,(H,24,28). The van der Waals surface area contributed by atoms with Gasteiger partial charge in [-0.1, -0.05) is 57.2 Å². The van der Waals surface area contributed by atoms with Gasteiger partial charge < -0.3 is 15.0 Å². The molecule has 0 radical (unpaired) electrons. The van der Waals surface area contributed by atoms with Gasteiger partial charge >= 0.3 is 5.97 Å². The Balaban J connectivity index is 1.95. The molecule has 0 unspecified atom stereocenters. The number of amides is 2. The Morgan fingerprint density at radius 1 is 1.00 bits per heavy atom. The van der Waals surface area contributed by atoms with E-state index in [1.165, 1.54) is 6.07 Å². The van der Waals surface area contributed by atoms with Gasteiger partial charge in [-0.05, 0) is 30.7 Å². The quantitative estimate of drug-likeness (QED) is 0.721. The smallest absolute Gasteiger partial charge is 0.338 e. The van der Waals surface area contributed by atoms with E-state index in [1.54, 1.807) is 43.9 Å². The van der Waals surface area contributed by atoms with Crippen molar-refractivity contribution in [2.24, 2.45) is 5.41 Å². The maximum absolute atomic E-state index is 12.4. The highest BCUT2D eigenvalue weighted by Gasteiger charge is 2.21. The number of hydrogen-bond acceptors (Lipinski definition) is 4. The number of rotatable bonds is 7. The van der Waals surface area contributed by atoms with Crippen molar-refractivity contribution < 1.29 is 19.1 Å². The minimum absolute atomic E-state index is 0.155. The minimum atomic E-state index is -0.610. The van der Waals surface area contributed by atoms with Crippen LogP contribution in [0.1, 0.15) is 43.6 Å². The number of esters is 1. The van der Waals surface area contributed by atoms with Crippen molar-refractivity contribution in [1.29, 1.82) is 0 Å². The molecule has 0 aliphatic heterocycles. The predicted octanol–water partition coefficient (Wildman–Crippen LogP) is 3.88. The van der Waals surface area contributed by atoms with Gasteiger partial charge in [-0.25, -0.2) is 4.79 Å². The molecule has 2 amide bonds. The summed E-state index contributed by atoms with van der Waals surface area (Å²) in [5.41, 5.74) is 1.24. The molecule has 0 atom stereocenters. The Morgan fingerprint density at radius 3 is 2.31 bits per heavy atom. The SMILES string of the molecule is CCN(Cc1ccccc1)C(=O)COC(=O)c1cccc(NC(=O)C(C)(C)C)c1. The lowest BCUT2D eigenvalue weighted by Gasteiger charge is -2.21. The minimum Gasteiger partial charge on any atom is -0.452 e. The molecular formula is C23H28N2O4. The van der Waals surface area contributed by atoms with Gasteiger partial charge in [-0.2, -0.15) is 0 Å². The molecule has 6 heteroatoms. The third-order valence-corrected chi connectivity index (χ3v) is 4.31. The highest BCUT2D eigenvalue weighted by molar-refractivity contribution is 5.97. The Labute approximate surface area is 171 Å². The molecule has 0 aromatic heterocycles. The molecular weight excluding hydrogens is 368 g/mol. The number of ether oxygens (including phenoxy) is 1. The van der Waals surface area contributed by atoms with Gasteiger partial charge in [0.15, 0.2) is 6.61 Å². The second-order valence-corrected chi connectivity index (χ2v) is 7.75. The van der Waals surface area contributed by atoms with Crippen LogP contribution in [0, 0.1) is 5.41 Å². The Kier molecular flexibility index (Phi) is 7.53. The van der Waals surface area contributed by atoms with Gasteiger partial charge in [0.05, 0.1) is 5.56 Å². The summed E-state index contributed by atoms with van der Waals surface area (Å²) in [7, 11) is 0. The van der Waals surface area contributed by atoms with Gasteiger partial charge in [-0.15, -0.1) is 0 Å². The highest BCUT2D eigenvalue weighted by Crippen LogP contribution is 2.18. The van der Waals surface area contributed by atoms with E-state index >= 15 is 0 Å². The van der Waals surface area contributed by atoms with Crippen molar-refractivity contribution in [3.05, 3.63) is 65.7 Å². The van der Waals surface area contributed by atoms with Crippen molar-refractivity contribution in [3.8, 4) is 0 Å². The van der Waals surface area contributed by atoms with Gasteiger partial charge in [0.25, 0.3) is 5.91 Å². The molecule has 0 aliphatic carbocycles. The summed E-state index contributed by atoms with van der Waals surface area (Å²) in [4.78, 5) is 38.5. The third-order valence-electron chi connectivity index (χ3n) is 4.31. The van der Waals surface area contributed by atoms with Crippen LogP contribution in [0.2, 0.25) is 0 Å². The van der Waals surface area contributed by atoms with E-state index in [4.69, 9.17) is 4.74 Å². The van der Waals surface area contributed by atoms with Crippen molar-refractivity contribution in [2.75, 3.05) is 18.5 Å². The number of nitrogens with one attached hydrogen (secondary N) is 1. The van der Waals surface area contributed by atoms with Gasteiger partial charge in [0, 0.05) is 24.2 Å². The van der Waals surface area contributed by atoms with Crippen LogP contribution in [0.5, 0.6) is 0 Å². The molecule has 2 rings (SSSR count). The number of carbonyl (C=O) groups excluding carboxylic acids is 3. The molecule has 0 saturated heterocycles. The number of carbonyl (C=O) groups is 3. The fraction of sp³-hybridized carbons (Fsp3) is 0.348. The average molecular weight is 396 g/mol. The van der Waals surface area contributed by atoms with E-state index in [0.717, 1.165) is 5.56 Å². The van der Waals surface area contributed by atoms with Crippen LogP contribution in [0.4, 0.5) is 5.69 Å². The lowest BCUT2D eigenvalue weighted by molar-refractivity contribution is -0.135. The van der Waals surface area contributed by atoms with Crippen molar-refractivity contribution in [3.63, 3.8) is 0 Å². The van der Waals surface area contributed by atoms with Gasteiger partial charge in [-0.3, -0.25) is 9.59 Å². The predicted molar refractivity (Wildman–Crippen MR) is 112 cm³/mol. The zero-order chi connectivity index (χ0) is 21.4. The molecule has 2 aromatic rings. The second-order valence-electron chi connectivity index (χ2n) is 7.75. The molecule has 2 aromatic carbocycles. The van der Waals surface area contributed by atoms with Crippen LogP contribution in [0.15, 0.2) is 54.6 Å². The summed E-state index contributed by atoms with van der Waals surface area (Å²) in [6.45, 7) is 7.94. The lowest BCUT2D eigenvalue weighted by Crippen LogP contribution is -2.34. The van der Waals surface area contributed by atoms with Gasteiger partial charge in [0.2, 0.25) is 5.91 Å². The molecule has 0 spiro atoms. The summed E-state index contributed by atoms with van der Waals surface area (Å²) in [6, 6.07) is 16.1. The highest BCUT2D eigenvalue weighted by atomic mass is 16.5.